The van der Waals surface area contributed by atoms with Crippen LogP contribution >= 0.6 is 0 Å². The molecule has 2 N–H and O–H groups in total. The zero-order valence-corrected chi connectivity index (χ0v) is 9.78. The van der Waals surface area contributed by atoms with Crippen LogP contribution in [0.25, 0.3) is 0 Å². The molecule has 1 saturated carbocycles. The minimum atomic E-state index is -0.189. The zero-order chi connectivity index (χ0) is 10.7. The molecule has 2 fully saturated rings. The van der Waals surface area contributed by atoms with Gasteiger partial charge in [-0.25, -0.2) is 0 Å². The Kier molecular flexibility index (Phi) is 4.00. The van der Waals surface area contributed by atoms with E-state index >= 15 is 0 Å². The molecule has 0 aromatic carbocycles. The maximum Gasteiger partial charge on any atom is 0.0791 e. The summed E-state index contributed by atoms with van der Waals surface area (Å²) in [5.74, 6) is 0. The summed E-state index contributed by atoms with van der Waals surface area (Å²) in [5.41, 5.74) is 0. The van der Waals surface area contributed by atoms with Gasteiger partial charge < -0.3 is 10.4 Å². The number of rotatable bonds is 5. The Hall–Kier alpha value is -0.120. The largest absolute Gasteiger partial charge is 0.390 e. The highest BCUT2D eigenvalue weighted by Crippen LogP contribution is 2.19. The van der Waals surface area contributed by atoms with Gasteiger partial charge in [0.15, 0.2) is 0 Å². The Labute approximate surface area is 92.8 Å². The summed E-state index contributed by atoms with van der Waals surface area (Å²) in [4.78, 5) is 2.43. The Bertz CT molecular complexity index is 194. The van der Waals surface area contributed by atoms with E-state index in [-0.39, 0.29) is 6.10 Å². The number of hydrogen-bond acceptors (Lipinski definition) is 3. The van der Waals surface area contributed by atoms with Crippen molar-refractivity contribution >= 4 is 0 Å². The predicted molar refractivity (Wildman–Crippen MR) is 61.9 cm³/mol. The van der Waals surface area contributed by atoms with Crippen LogP contribution in [0.5, 0.6) is 0 Å². The minimum Gasteiger partial charge on any atom is -0.390 e. The lowest BCUT2D eigenvalue weighted by Crippen LogP contribution is -2.45. The summed E-state index contributed by atoms with van der Waals surface area (Å²) in [6.45, 7) is 5.07. The fourth-order valence-electron chi connectivity index (χ4n) is 2.35. The van der Waals surface area contributed by atoms with Gasteiger partial charge in [-0.2, -0.15) is 0 Å². The molecular formula is C12H24N2O. The van der Waals surface area contributed by atoms with E-state index in [1.165, 1.54) is 38.6 Å². The van der Waals surface area contributed by atoms with Gasteiger partial charge in [0.05, 0.1) is 6.10 Å². The smallest absolute Gasteiger partial charge is 0.0791 e. The van der Waals surface area contributed by atoms with Crippen molar-refractivity contribution < 1.29 is 5.11 Å². The molecule has 0 radical (unpaired) electrons. The second-order valence-electron chi connectivity index (χ2n) is 5.18. The predicted octanol–water partition coefficient (Wildman–Crippen LogP) is 0.974. The quantitative estimate of drug-likeness (QED) is 0.713. The van der Waals surface area contributed by atoms with Crippen molar-refractivity contribution in [2.24, 2.45) is 0 Å². The van der Waals surface area contributed by atoms with Crippen LogP contribution in [0.4, 0.5) is 0 Å². The van der Waals surface area contributed by atoms with Crippen LogP contribution in [0.3, 0.4) is 0 Å². The van der Waals surface area contributed by atoms with Gasteiger partial charge in [0.1, 0.15) is 0 Å². The van der Waals surface area contributed by atoms with Crippen LogP contribution in [0.2, 0.25) is 0 Å². The molecule has 2 aliphatic rings. The lowest BCUT2D eigenvalue weighted by atomic mass is 10.0. The van der Waals surface area contributed by atoms with E-state index in [9.17, 15) is 5.11 Å². The molecule has 3 heteroatoms. The van der Waals surface area contributed by atoms with Crippen molar-refractivity contribution in [3.63, 3.8) is 0 Å². The molecule has 3 nitrogen and oxygen atoms in total. The number of likely N-dealkylation sites (tertiary alicyclic amines) is 1. The molecule has 2 atom stereocenters. The average molecular weight is 212 g/mol. The van der Waals surface area contributed by atoms with Crippen molar-refractivity contribution in [3.8, 4) is 0 Å². The van der Waals surface area contributed by atoms with Crippen molar-refractivity contribution in [2.75, 3.05) is 19.6 Å². The monoisotopic (exact) mass is 212 g/mol. The summed E-state index contributed by atoms with van der Waals surface area (Å²) in [6, 6.07) is 1.37. The number of nitrogens with zero attached hydrogens (tertiary/aromatic N) is 1. The van der Waals surface area contributed by atoms with E-state index in [2.05, 4.69) is 17.1 Å². The molecule has 0 bridgehead atoms. The number of aliphatic hydroxyl groups excluding tert-OH is 1. The van der Waals surface area contributed by atoms with E-state index < -0.39 is 0 Å². The molecule has 1 aliphatic heterocycles. The van der Waals surface area contributed by atoms with Crippen LogP contribution in [-0.4, -0.2) is 47.8 Å². The van der Waals surface area contributed by atoms with Crippen molar-refractivity contribution in [1.82, 2.24) is 10.2 Å². The van der Waals surface area contributed by atoms with E-state index in [1.807, 2.05) is 0 Å². The molecule has 1 heterocycles. The first-order valence-electron chi connectivity index (χ1n) is 6.41. The van der Waals surface area contributed by atoms with E-state index in [0.29, 0.717) is 12.1 Å². The fraction of sp³-hybridized carbons (Fsp3) is 1.00. The van der Waals surface area contributed by atoms with Crippen molar-refractivity contribution in [1.29, 1.82) is 0 Å². The van der Waals surface area contributed by atoms with Crippen LogP contribution in [0, 0.1) is 0 Å². The Morgan fingerprint density at radius 3 is 2.80 bits per heavy atom. The molecule has 0 aromatic heterocycles. The Morgan fingerprint density at radius 2 is 2.13 bits per heavy atom. The van der Waals surface area contributed by atoms with Crippen molar-refractivity contribution in [3.05, 3.63) is 0 Å². The molecule has 0 aromatic rings. The zero-order valence-electron chi connectivity index (χ0n) is 9.78. The molecule has 15 heavy (non-hydrogen) atoms. The van der Waals surface area contributed by atoms with Gasteiger partial charge in [-0.3, -0.25) is 4.90 Å². The molecule has 0 unspecified atom stereocenters. The highest BCUT2D eigenvalue weighted by Gasteiger charge is 2.24. The van der Waals surface area contributed by atoms with Crippen molar-refractivity contribution in [2.45, 2.75) is 57.2 Å². The van der Waals surface area contributed by atoms with Gasteiger partial charge in [-0.15, -0.1) is 0 Å². The van der Waals surface area contributed by atoms with E-state index in [1.54, 1.807) is 0 Å². The highest BCUT2D eigenvalue weighted by atomic mass is 16.3. The summed E-state index contributed by atoms with van der Waals surface area (Å²) in [7, 11) is 0. The first kappa shape index (κ1) is 11.4. The Balaban J connectivity index is 1.64. The summed E-state index contributed by atoms with van der Waals surface area (Å²) in [6.07, 6.45) is 6.36. The normalized spacial score (nSPS) is 30.4. The molecule has 0 amide bonds. The standard InChI is InChI=1S/C12H24N2O/c1-10-4-2-3-7-14(10)9-12(15)8-13-11-5-6-11/h10-13,15H,2-9H2,1H3/t10-,12+/m0/s1. The van der Waals surface area contributed by atoms with Gasteiger partial charge >= 0.3 is 0 Å². The van der Waals surface area contributed by atoms with Gasteiger partial charge in [0.2, 0.25) is 0 Å². The Morgan fingerprint density at radius 1 is 1.33 bits per heavy atom. The molecule has 1 saturated heterocycles. The topological polar surface area (TPSA) is 35.5 Å². The first-order valence-corrected chi connectivity index (χ1v) is 6.41. The van der Waals surface area contributed by atoms with Crippen LogP contribution in [0.1, 0.15) is 39.0 Å². The number of nitrogens with one attached hydrogen (secondary N) is 1. The first-order chi connectivity index (χ1) is 7.25. The minimum absolute atomic E-state index is 0.189. The molecular weight excluding hydrogens is 188 g/mol. The fourth-order valence-corrected chi connectivity index (χ4v) is 2.35. The second kappa shape index (κ2) is 5.28. The lowest BCUT2D eigenvalue weighted by Gasteiger charge is -2.34. The maximum atomic E-state index is 9.89. The number of aliphatic hydroxyl groups is 1. The number of piperidine rings is 1. The van der Waals surface area contributed by atoms with Gasteiger partial charge in [0.25, 0.3) is 0 Å². The third-order valence-electron chi connectivity index (χ3n) is 3.61. The maximum absolute atomic E-state index is 9.89. The van der Waals surface area contributed by atoms with Gasteiger partial charge in [-0.05, 0) is 39.2 Å². The summed E-state index contributed by atoms with van der Waals surface area (Å²) >= 11 is 0. The lowest BCUT2D eigenvalue weighted by molar-refractivity contribution is 0.0730. The third kappa shape index (κ3) is 3.74. The summed E-state index contributed by atoms with van der Waals surface area (Å²) < 4.78 is 0. The average Bonchev–Trinajstić information content (AvgIpc) is 3.02. The SMILES string of the molecule is C[C@H]1CCCCN1C[C@H](O)CNC1CC1. The van der Waals surface area contributed by atoms with Crippen LogP contribution < -0.4 is 5.32 Å². The molecule has 1 aliphatic carbocycles. The van der Waals surface area contributed by atoms with E-state index in [4.69, 9.17) is 0 Å². The van der Waals surface area contributed by atoms with Gasteiger partial charge in [0, 0.05) is 25.2 Å². The highest BCUT2D eigenvalue weighted by molar-refractivity contribution is 4.83. The second-order valence-corrected chi connectivity index (χ2v) is 5.18. The third-order valence-corrected chi connectivity index (χ3v) is 3.61. The summed E-state index contributed by atoms with van der Waals surface area (Å²) in [5, 5.41) is 13.3. The van der Waals surface area contributed by atoms with Crippen LogP contribution in [0.15, 0.2) is 0 Å². The number of β-amino-alcohol motifs (C(OH)–C–C–N with tert-alkyl or cyclic N) is 1. The molecule has 2 rings (SSSR count). The van der Waals surface area contributed by atoms with Gasteiger partial charge in [-0.1, -0.05) is 6.42 Å². The molecule has 88 valence electrons. The van der Waals surface area contributed by atoms with Crippen LogP contribution in [-0.2, 0) is 0 Å². The van der Waals surface area contributed by atoms with E-state index in [0.717, 1.165) is 13.1 Å². The molecule has 0 spiro atoms. The number of hydrogen-bond donors (Lipinski definition) is 2.